The Morgan fingerprint density at radius 2 is 1.92 bits per heavy atom. The van der Waals surface area contributed by atoms with Gasteiger partial charge in [0.2, 0.25) is 0 Å². The van der Waals surface area contributed by atoms with Crippen LogP contribution in [0.25, 0.3) is 0 Å². The van der Waals surface area contributed by atoms with E-state index in [9.17, 15) is 9.59 Å². The zero-order valence-corrected chi connectivity index (χ0v) is 8.11. The molecule has 0 unspecified atom stereocenters. The topological polar surface area (TPSA) is 59.1 Å². The van der Waals surface area contributed by atoms with Gasteiger partial charge in [0.25, 0.3) is 9.82 Å². The highest BCUT2D eigenvalue weighted by Gasteiger charge is 2.05. The molecule has 1 heterocycles. The minimum absolute atomic E-state index is 0.394. The van der Waals surface area contributed by atoms with E-state index in [2.05, 4.69) is 10.3 Å². The normalized spacial score (nSPS) is 9.08. The number of aromatic nitrogens is 1. The van der Waals surface area contributed by atoms with Gasteiger partial charge in [-0.25, -0.2) is 0 Å². The molecule has 62 valence electrons. The van der Waals surface area contributed by atoms with Gasteiger partial charge in [0.1, 0.15) is 0 Å². The van der Waals surface area contributed by atoms with Crippen LogP contribution in [0.5, 0.6) is 0 Å². The number of imide groups is 1. The molecule has 0 aliphatic heterocycles. The number of amides is 2. The van der Waals surface area contributed by atoms with E-state index in [1.807, 2.05) is 0 Å². The third-order valence-electron chi connectivity index (χ3n) is 1.15. The molecule has 1 aromatic heterocycles. The molecule has 1 rings (SSSR count). The summed E-state index contributed by atoms with van der Waals surface area (Å²) in [7, 11) is 0. The van der Waals surface area contributed by atoms with Crippen molar-refractivity contribution in [3.05, 3.63) is 30.1 Å². The lowest BCUT2D eigenvalue weighted by molar-refractivity contribution is 0.0970. The van der Waals surface area contributed by atoms with E-state index in [-0.39, 0.29) is 0 Å². The molecule has 1 aromatic rings. The summed E-state index contributed by atoms with van der Waals surface area (Å²) in [5.74, 6) is -0.406. The largest absolute Gasteiger partial charge is 0.287 e. The monoisotopic (exact) mass is 276 g/mol. The summed E-state index contributed by atoms with van der Waals surface area (Å²) in [5.41, 5.74) is 0.426. The van der Waals surface area contributed by atoms with Gasteiger partial charge in [0.05, 0.1) is 0 Å². The van der Waals surface area contributed by atoms with Crippen molar-refractivity contribution >= 4 is 32.4 Å². The molecule has 0 saturated carbocycles. The summed E-state index contributed by atoms with van der Waals surface area (Å²) in [4.78, 5) is 25.3. The van der Waals surface area contributed by atoms with Crippen molar-refractivity contribution in [3.63, 3.8) is 0 Å². The molecule has 0 atom stereocenters. The maximum Gasteiger partial charge on any atom is 0.287 e. The lowest BCUT2D eigenvalue weighted by Gasteiger charge is -1.97. The summed E-state index contributed by atoms with van der Waals surface area (Å²) in [6.45, 7) is 0. The lowest BCUT2D eigenvalue weighted by atomic mass is 10.2. The second-order valence-electron chi connectivity index (χ2n) is 1.96. The molecule has 1 N–H and O–H groups in total. The average molecular weight is 276 g/mol. The minimum atomic E-state index is -0.406. The van der Waals surface area contributed by atoms with Crippen molar-refractivity contribution in [3.8, 4) is 0 Å². The summed E-state index contributed by atoms with van der Waals surface area (Å²) in [6.07, 6.45) is 2.99. The van der Waals surface area contributed by atoms with Crippen LogP contribution in [0.2, 0.25) is 0 Å². The van der Waals surface area contributed by atoms with Crippen LogP contribution in [0.15, 0.2) is 24.5 Å². The molecule has 0 spiro atoms. The Morgan fingerprint density at radius 3 is 2.42 bits per heavy atom. The molecule has 0 aromatic carbocycles. The smallest absolute Gasteiger partial charge is 0.284 e. The SMILES string of the molecule is O=C(I)NC(=O)c1ccncc1. The van der Waals surface area contributed by atoms with Gasteiger partial charge in [-0.05, 0) is 12.1 Å². The van der Waals surface area contributed by atoms with Crippen LogP contribution in [0.3, 0.4) is 0 Å². The van der Waals surface area contributed by atoms with E-state index >= 15 is 0 Å². The Morgan fingerprint density at radius 1 is 1.33 bits per heavy atom. The number of halogens is 1. The highest BCUT2D eigenvalue weighted by Crippen LogP contribution is 1.96. The molecule has 4 nitrogen and oxygen atoms in total. The van der Waals surface area contributed by atoms with Gasteiger partial charge < -0.3 is 0 Å². The van der Waals surface area contributed by atoms with E-state index in [1.54, 1.807) is 0 Å². The van der Waals surface area contributed by atoms with Gasteiger partial charge in [0, 0.05) is 40.5 Å². The number of hydrogen-bond donors (Lipinski definition) is 1. The maximum atomic E-state index is 11.1. The van der Waals surface area contributed by atoms with Crippen LogP contribution in [-0.2, 0) is 0 Å². The Bertz CT molecular complexity index is 300. The minimum Gasteiger partial charge on any atom is -0.284 e. The van der Waals surface area contributed by atoms with Crippen molar-refractivity contribution in [1.82, 2.24) is 10.3 Å². The lowest BCUT2D eigenvalue weighted by Crippen LogP contribution is -2.24. The first-order valence-electron chi connectivity index (χ1n) is 3.11. The van der Waals surface area contributed by atoms with Crippen molar-refractivity contribution in [2.24, 2.45) is 0 Å². The Labute approximate surface area is 82.5 Å². The van der Waals surface area contributed by atoms with E-state index in [0.717, 1.165) is 0 Å². The van der Waals surface area contributed by atoms with E-state index in [0.29, 0.717) is 5.56 Å². The summed E-state index contributed by atoms with van der Waals surface area (Å²) < 4.78 is -0.394. The van der Waals surface area contributed by atoms with E-state index < -0.39 is 9.82 Å². The fourth-order valence-electron chi connectivity index (χ4n) is 0.665. The van der Waals surface area contributed by atoms with Crippen molar-refractivity contribution in [2.45, 2.75) is 0 Å². The molecule has 0 fully saturated rings. The first-order valence-corrected chi connectivity index (χ1v) is 4.19. The van der Waals surface area contributed by atoms with Gasteiger partial charge in [0.15, 0.2) is 0 Å². The quantitative estimate of drug-likeness (QED) is 0.478. The molecular weight excluding hydrogens is 271 g/mol. The Kier molecular flexibility index (Phi) is 3.15. The molecule has 0 radical (unpaired) electrons. The van der Waals surface area contributed by atoms with Gasteiger partial charge in [-0.15, -0.1) is 0 Å². The number of pyridine rings is 1. The van der Waals surface area contributed by atoms with Crippen molar-refractivity contribution in [2.75, 3.05) is 0 Å². The van der Waals surface area contributed by atoms with Gasteiger partial charge in [-0.2, -0.15) is 0 Å². The molecule has 0 saturated heterocycles. The highest BCUT2D eigenvalue weighted by molar-refractivity contribution is 14.1. The fourth-order valence-corrected chi connectivity index (χ4v) is 0.910. The number of hydrogen-bond acceptors (Lipinski definition) is 3. The first-order chi connectivity index (χ1) is 5.70. The molecule has 5 heteroatoms. The maximum absolute atomic E-state index is 11.1. The fraction of sp³-hybridized carbons (Fsp3) is 0. The van der Waals surface area contributed by atoms with Crippen LogP contribution in [0.4, 0.5) is 4.79 Å². The average Bonchev–Trinajstić information content (AvgIpc) is 2.05. The standard InChI is InChI=1S/C7H5IN2O2/c8-7(12)10-6(11)5-1-3-9-4-2-5/h1-4H,(H,10,11,12). The number of nitrogens with zero attached hydrogens (tertiary/aromatic N) is 1. The Hall–Kier alpha value is -0.980. The molecule has 0 aliphatic carbocycles. The zero-order valence-electron chi connectivity index (χ0n) is 5.95. The van der Waals surface area contributed by atoms with Crippen LogP contribution < -0.4 is 5.32 Å². The predicted octanol–water partition coefficient (Wildman–Crippen LogP) is 1.37. The summed E-state index contributed by atoms with van der Waals surface area (Å²) in [5, 5.41) is 2.14. The summed E-state index contributed by atoms with van der Waals surface area (Å²) in [6, 6.07) is 3.07. The molecule has 0 aliphatic rings. The number of carbonyl (C=O) groups excluding carboxylic acids is 2. The van der Waals surface area contributed by atoms with E-state index in [1.165, 1.54) is 47.1 Å². The van der Waals surface area contributed by atoms with E-state index in [4.69, 9.17) is 0 Å². The van der Waals surface area contributed by atoms with Crippen LogP contribution in [0, 0.1) is 0 Å². The van der Waals surface area contributed by atoms with Crippen molar-refractivity contribution in [1.29, 1.82) is 0 Å². The van der Waals surface area contributed by atoms with Crippen LogP contribution >= 0.6 is 22.6 Å². The number of nitrogens with one attached hydrogen (secondary N) is 1. The van der Waals surface area contributed by atoms with Gasteiger partial charge in [-0.1, -0.05) is 0 Å². The van der Waals surface area contributed by atoms with Crippen LogP contribution in [-0.4, -0.2) is 14.8 Å². The molecule has 12 heavy (non-hydrogen) atoms. The Balaban J connectivity index is 2.73. The van der Waals surface area contributed by atoms with Gasteiger partial charge >= 0.3 is 0 Å². The first kappa shape index (κ1) is 9.11. The second-order valence-corrected chi connectivity index (χ2v) is 2.94. The predicted molar refractivity (Wildman–Crippen MR) is 51.1 cm³/mol. The zero-order chi connectivity index (χ0) is 8.97. The van der Waals surface area contributed by atoms with Crippen molar-refractivity contribution < 1.29 is 9.59 Å². The van der Waals surface area contributed by atoms with Crippen LogP contribution in [0.1, 0.15) is 10.4 Å². The molecular formula is C7H5IN2O2. The second kappa shape index (κ2) is 4.15. The third kappa shape index (κ3) is 2.57. The molecule has 0 bridgehead atoms. The number of rotatable bonds is 1. The number of carbonyl (C=O) groups is 2. The molecule has 2 amide bonds. The summed E-state index contributed by atoms with van der Waals surface area (Å²) >= 11 is 1.50. The highest BCUT2D eigenvalue weighted by atomic mass is 127. The van der Waals surface area contributed by atoms with Gasteiger partial charge in [-0.3, -0.25) is 19.9 Å². The third-order valence-corrected chi connectivity index (χ3v) is 1.42.